The molecule has 10 N–H and O–H groups in total. The maximum atomic E-state index is 13.0. The van der Waals surface area contributed by atoms with Crippen molar-refractivity contribution in [2.45, 2.75) is 171 Å². The Labute approximate surface area is 400 Å². The van der Waals surface area contributed by atoms with Crippen molar-refractivity contribution in [3.8, 4) is 0 Å². The van der Waals surface area contributed by atoms with Crippen LogP contribution >= 0.6 is 15.6 Å². The Bertz CT molecular complexity index is 1740. The van der Waals surface area contributed by atoms with Crippen LogP contribution in [0.15, 0.2) is 97.2 Å². The minimum absolute atomic E-state index is 0.00806. The predicted molar refractivity (Wildman–Crippen MR) is 254 cm³/mol. The number of hydrogen-bond acceptors (Lipinski definition) is 16. The van der Waals surface area contributed by atoms with Crippen LogP contribution < -0.4 is 0 Å². The molecule has 1 aliphatic carbocycles. The zero-order chi connectivity index (χ0) is 50.8. The zero-order valence-electron chi connectivity index (χ0n) is 39.1. The number of aliphatic hydroxyl groups is 7. The largest absolute Gasteiger partial charge is 0.472 e. The zero-order valence-corrected chi connectivity index (χ0v) is 40.9. The fourth-order valence-electron chi connectivity index (χ4n) is 6.25. The molecule has 68 heavy (non-hydrogen) atoms. The quantitative estimate of drug-likeness (QED) is 0.0125. The second-order valence-electron chi connectivity index (χ2n) is 16.0. The van der Waals surface area contributed by atoms with Gasteiger partial charge in [0.2, 0.25) is 0 Å². The number of aliphatic hydroxyl groups excluding tert-OH is 7. The first-order valence-electron chi connectivity index (χ1n) is 23.1. The number of allylic oxidation sites excluding steroid dienone is 13. The van der Waals surface area contributed by atoms with Gasteiger partial charge in [0.15, 0.2) is 6.10 Å². The molecule has 0 radical (unpaired) electrons. The first kappa shape index (κ1) is 62.8. The number of hydrogen-bond donors (Lipinski definition) is 10. The first-order chi connectivity index (χ1) is 32.3. The number of unbranched alkanes of at least 4 members (excludes halogenated alkanes) is 5. The molecule has 11 atom stereocenters. The van der Waals surface area contributed by atoms with Crippen molar-refractivity contribution in [3.63, 3.8) is 0 Å². The molecule has 5 unspecified atom stereocenters. The van der Waals surface area contributed by atoms with Crippen LogP contribution in [0.25, 0.3) is 0 Å². The highest BCUT2D eigenvalue weighted by molar-refractivity contribution is 7.47. The van der Waals surface area contributed by atoms with E-state index in [0.717, 1.165) is 25.7 Å². The summed E-state index contributed by atoms with van der Waals surface area (Å²) in [5, 5.41) is 71.8. The lowest BCUT2D eigenvalue weighted by Crippen LogP contribution is -2.64. The lowest BCUT2D eigenvalue weighted by Gasteiger charge is -2.43. The molecule has 1 aliphatic rings. The first-order valence-corrected chi connectivity index (χ1v) is 26.1. The Morgan fingerprint density at radius 2 is 1.16 bits per heavy atom. The number of rotatable bonds is 36. The molecule has 1 saturated carbocycles. The van der Waals surface area contributed by atoms with E-state index in [1.54, 1.807) is 36.5 Å². The molecule has 0 aromatic carbocycles. The van der Waals surface area contributed by atoms with E-state index in [0.29, 0.717) is 25.7 Å². The van der Waals surface area contributed by atoms with E-state index in [2.05, 4.69) is 35.8 Å². The van der Waals surface area contributed by atoms with E-state index >= 15 is 0 Å². The van der Waals surface area contributed by atoms with Crippen LogP contribution in [0.2, 0.25) is 0 Å². The molecule has 0 heterocycles. The third-order valence-corrected chi connectivity index (χ3v) is 11.5. The van der Waals surface area contributed by atoms with Gasteiger partial charge < -0.3 is 59.9 Å². The molecule has 0 aromatic rings. The van der Waals surface area contributed by atoms with Crippen molar-refractivity contribution < 1.29 is 92.2 Å². The maximum Gasteiger partial charge on any atom is 0.472 e. The average Bonchev–Trinajstić information content (AvgIpc) is 3.28. The van der Waals surface area contributed by atoms with Gasteiger partial charge in [-0.15, -0.1) is 0 Å². The molecule has 19 nitrogen and oxygen atoms in total. The van der Waals surface area contributed by atoms with E-state index in [9.17, 15) is 59.4 Å². The van der Waals surface area contributed by atoms with Crippen molar-refractivity contribution in [2.24, 2.45) is 0 Å². The molecule has 0 aromatic heterocycles. The van der Waals surface area contributed by atoms with Gasteiger partial charge in [-0.3, -0.25) is 23.2 Å². The summed E-state index contributed by atoms with van der Waals surface area (Å²) in [7, 11) is -10.8. The summed E-state index contributed by atoms with van der Waals surface area (Å²) < 4.78 is 49.0. The number of carbonyl (C=O) groups is 2. The number of phosphoric acid groups is 2. The number of ether oxygens (including phenoxy) is 2. The minimum Gasteiger partial charge on any atom is -0.462 e. The third-order valence-electron chi connectivity index (χ3n) is 9.98. The maximum absolute atomic E-state index is 13.0. The highest BCUT2D eigenvalue weighted by atomic mass is 31.2. The van der Waals surface area contributed by atoms with Crippen LogP contribution in [0.5, 0.6) is 0 Å². The summed E-state index contributed by atoms with van der Waals surface area (Å²) in [6.07, 6.45) is 20.1. The summed E-state index contributed by atoms with van der Waals surface area (Å²) in [6.45, 7) is 2.54. The van der Waals surface area contributed by atoms with E-state index in [1.807, 2.05) is 31.2 Å². The molecular formula is C47H76O19P2. The molecule has 388 valence electrons. The SMILES string of the molecule is CC/C=C\C[C@H](O)/C=C/C=C/C=C\C=C/[C@@H](O)[C@H](O)CCCC(=O)O[C@H](COC(=O)CCCC/C=C\C/C=C\C/C=C\CCCCC)COP(=O)(O)O[C@H]1C(O)C(O)C(O)[C@@H](OP(=O)(O)O)C1O. The minimum atomic E-state index is -5.42. The Morgan fingerprint density at radius 1 is 0.603 bits per heavy atom. The lowest BCUT2D eigenvalue weighted by molar-refractivity contribution is -0.216. The molecule has 21 heteroatoms. The van der Waals surface area contributed by atoms with Crippen molar-refractivity contribution in [3.05, 3.63) is 97.2 Å². The van der Waals surface area contributed by atoms with Crippen LogP contribution in [0.3, 0.4) is 0 Å². The van der Waals surface area contributed by atoms with Crippen molar-refractivity contribution in [2.75, 3.05) is 13.2 Å². The molecule has 0 aliphatic heterocycles. The molecule has 1 rings (SSSR count). The topological polar surface area (TPSA) is 317 Å². The monoisotopic (exact) mass is 1010 g/mol. The normalized spacial score (nSPS) is 23.5. The molecule has 0 spiro atoms. The van der Waals surface area contributed by atoms with E-state index in [-0.39, 0.29) is 25.7 Å². The van der Waals surface area contributed by atoms with Crippen LogP contribution in [0.1, 0.15) is 110 Å². The fourth-order valence-corrected chi connectivity index (χ4v) is 7.79. The highest BCUT2D eigenvalue weighted by Crippen LogP contribution is 2.49. The Hall–Kier alpha value is -3.20. The van der Waals surface area contributed by atoms with Gasteiger partial charge in [-0.05, 0) is 70.6 Å². The summed E-state index contributed by atoms with van der Waals surface area (Å²) in [6, 6.07) is 0. The van der Waals surface area contributed by atoms with Crippen LogP contribution in [-0.4, -0.2) is 137 Å². The molecule has 0 saturated heterocycles. The Balaban J connectivity index is 2.80. The fraction of sp³-hybridized carbons (Fsp3) is 0.617. The van der Waals surface area contributed by atoms with E-state index in [1.165, 1.54) is 31.4 Å². The predicted octanol–water partition coefficient (Wildman–Crippen LogP) is 5.30. The van der Waals surface area contributed by atoms with Gasteiger partial charge in [0, 0.05) is 12.8 Å². The molecular weight excluding hydrogens is 930 g/mol. The Morgan fingerprint density at radius 3 is 1.76 bits per heavy atom. The summed E-state index contributed by atoms with van der Waals surface area (Å²) in [5.74, 6) is -1.59. The summed E-state index contributed by atoms with van der Waals surface area (Å²) in [4.78, 5) is 54.3. The molecule has 0 amide bonds. The summed E-state index contributed by atoms with van der Waals surface area (Å²) in [5.41, 5.74) is 0. The van der Waals surface area contributed by atoms with Gasteiger partial charge in [0.05, 0.1) is 24.9 Å². The third kappa shape index (κ3) is 30.4. The van der Waals surface area contributed by atoms with E-state index < -0.39 is 102 Å². The smallest absolute Gasteiger partial charge is 0.462 e. The number of carbonyl (C=O) groups excluding carboxylic acids is 2. The van der Waals surface area contributed by atoms with Gasteiger partial charge in [-0.1, -0.05) is 124 Å². The van der Waals surface area contributed by atoms with Crippen molar-refractivity contribution >= 4 is 27.6 Å². The second-order valence-corrected chi connectivity index (χ2v) is 18.5. The van der Waals surface area contributed by atoms with Gasteiger partial charge in [0.1, 0.15) is 43.2 Å². The van der Waals surface area contributed by atoms with Crippen molar-refractivity contribution in [1.82, 2.24) is 0 Å². The number of esters is 2. The standard InChI is InChI=1S/C47H76O19P2/c1-3-5-7-8-9-10-11-12-13-14-15-16-17-22-26-32-40(51)62-34-37(35-63-68(60,61)66-47-44(55)42(53)43(54)46(45(47)56)65-67(57,58)59)64-41(52)33-27-31-39(50)38(49)30-25-21-19-18-20-24-29-36(48)28-23-6-4-2/h6,9-10,12-13,15-16,18-21,23-25,29-30,36-39,42-50,53-56H,3-5,7-8,11,14,17,22,26-28,31-35H2,1-2H3,(H,60,61)(H2,57,58,59)/b10-9-,13-12-,16-15-,20-18+,21-19-,23-6-,29-24+,30-25-/t36-,37+,38+,39+,42?,43?,44?,45?,46+,47-/m0/s1. The van der Waals surface area contributed by atoms with Gasteiger partial charge in [-0.25, -0.2) is 9.13 Å². The molecule has 0 bridgehead atoms. The average molecular weight is 1010 g/mol. The van der Waals surface area contributed by atoms with E-state index in [4.69, 9.17) is 28.3 Å². The van der Waals surface area contributed by atoms with Gasteiger partial charge in [-0.2, -0.15) is 0 Å². The highest BCUT2D eigenvalue weighted by Gasteiger charge is 2.54. The lowest BCUT2D eigenvalue weighted by atomic mass is 9.85. The van der Waals surface area contributed by atoms with Gasteiger partial charge >= 0.3 is 27.6 Å². The van der Waals surface area contributed by atoms with Crippen LogP contribution in [0, 0.1) is 0 Å². The summed E-state index contributed by atoms with van der Waals surface area (Å²) >= 11 is 0. The van der Waals surface area contributed by atoms with Crippen LogP contribution in [0.4, 0.5) is 0 Å². The number of phosphoric ester groups is 2. The second kappa shape index (κ2) is 36.7. The van der Waals surface area contributed by atoms with Crippen molar-refractivity contribution in [1.29, 1.82) is 0 Å². The van der Waals surface area contributed by atoms with Crippen LogP contribution in [-0.2, 0) is 41.8 Å². The van der Waals surface area contributed by atoms with Gasteiger partial charge in [0.25, 0.3) is 0 Å². The Kier molecular flexibility index (Phi) is 33.9. The molecule has 1 fully saturated rings.